The molecule has 7 heteroatoms. The van der Waals surface area contributed by atoms with Gasteiger partial charge < -0.3 is 19.5 Å². The fraction of sp³-hybridized carbons (Fsp3) is 0.514. The van der Waals surface area contributed by atoms with Crippen molar-refractivity contribution < 1.29 is 23.8 Å². The third-order valence-electron chi connectivity index (χ3n) is 9.46. The Hall–Kier alpha value is -3.45. The van der Waals surface area contributed by atoms with Crippen molar-refractivity contribution in [3.63, 3.8) is 0 Å². The molecule has 0 amide bonds. The number of ether oxygens (including phenoxy) is 2. The van der Waals surface area contributed by atoms with E-state index in [1.165, 1.54) is 31.4 Å². The van der Waals surface area contributed by atoms with Crippen molar-refractivity contribution in [3.05, 3.63) is 76.9 Å². The zero-order chi connectivity index (χ0) is 31.9. The van der Waals surface area contributed by atoms with Gasteiger partial charge in [0.15, 0.2) is 6.10 Å². The minimum Gasteiger partial charge on any atom is -0.493 e. The van der Waals surface area contributed by atoms with Crippen molar-refractivity contribution in [2.45, 2.75) is 97.7 Å². The number of hydrogen-bond donors (Lipinski definition) is 1. The van der Waals surface area contributed by atoms with Gasteiger partial charge in [-0.05, 0) is 101 Å². The van der Waals surface area contributed by atoms with Crippen LogP contribution >= 0.6 is 0 Å². The number of carboxylic acid groups (broad SMARTS) is 1. The van der Waals surface area contributed by atoms with Crippen molar-refractivity contribution in [3.8, 4) is 16.9 Å². The number of piperidine rings is 1. The van der Waals surface area contributed by atoms with E-state index < -0.39 is 17.7 Å². The molecule has 5 rings (SSSR count). The number of benzene rings is 2. The predicted octanol–water partition coefficient (Wildman–Crippen LogP) is 8.57. The van der Waals surface area contributed by atoms with Crippen LogP contribution in [0.3, 0.4) is 0 Å². The first-order chi connectivity index (χ1) is 20.7. The molecule has 0 unspecified atom stereocenters. The molecule has 2 aromatic carbocycles. The average Bonchev–Trinajstić information content (AvgIpc) is 2.94. The molecule has 3 aromatic rings. The van der Waals surface area contributed by atoms with E-state index >= 15 is 0 Å². The fourth-order valence-corrected chi connectivity index (χ4v) is 6.77. The van der Waals surface area contributed by atoms with Gasteiger partial charge in [0, 0.05) is 41.0 Å². The number of nitrogens with zero attached hydrogens (tertiary/aromatic N) is 2. The smallest absolute Gasteiger partial charge is 0.337 e. The van der Waals surface area contributed by atoms with Crippen LogP contribution in [0.2, 0.25) is 0 Å². The lowest BCUT2D eigenvalue weighted by Crippen LogP contribution is -2.44. The van der Waals surface area contributed by atoms with Crippen LogP contribution in [0.5, 0.6) is 5.75 Å². The van der Waals surface area contributed by atoms with Gasteiger partial charge in [0.25, 0.3) is 0 Å². The summed E-state index contributed by atoms with van der Waals surface area (Å²) in [5.74, 6) is -0.537. The summed E-state index contributed by atoms with van der Waals surface area (Å²) in [7, 11) is 0. The van der Waals surface area contributed by atoms with Gasteiger partial charge in [0.2, 0.25) is 0 Å². The van der Waals surface area contributed by atoms with Crippen LogP contribution in [-0.2, 0) is 14.9 Å². The Balaban J connectivity index is 1.51. The number of carboxylic acids is 1. The first-order valence-corrected chi connectivity index (χ1v) is 15.8. The molecule has 1 saturated carbocycles. The van der Waals surface area contributed by atoms with Gasteiger partial charge in [-0.25, -0.2) is 9.18 Å². The molecule has 1 N–H and O–H groups in total. The molecule has 2 aliphatic rings. The topological polar surface area (TPSA) is 71.9 Å². The molecule has 236 valence electrons. The minimum atomic E-state index is -1.15. The van der Waals surface area contributed by atoms with Crippen molar-refractivity contribution in [2.75, 3.05) is 24.6 Å². The van der Waals surface area contributed by atoms with Crippen LogP contribution < -0.4 is 9.64 Å². The molecule has 1 atom stereocenters. The Morgan fingerprint density at radius 2 is 1.57 bits per heavy atom. The number of halogens is 1. The highest BCUT2D eigenvalue weighted by atomic mass is 19.1. The van der Waals surface area contributed by atoms with Crippen LogP contribution in [0, 0.1) is 25.1 Å². The number of rotatable bonds is 9. The summed E-state index contributed by atoms with van der Waals surface area (Å²) in [5, 5.41) is 10.4. The number of hydrogen-bond acceptors (Lipinski definition) is 5. The van der Waals surface area contributed by atoms with E-state index in [1.54, 1.807) is 12.1 Å². The SMILES string of the molecule is Cc1nc(C)c([C@H](OC(C)(C)C)C(=O)O)c(N2CCC3(CCC3)CC2)c1-c1ccc(OCC(C)(C)c2ccc(F)cc2)cc1. The first-order valence-electron chi connectivity index (χ1n) is 15.8. The molecule has 6 nitrogen and oxygen atoms in total. The van der Waals surface area contributed by atoms with E-state index in [1.807, 2.05) is 58.9 Å². The molecule has 1 saturated heterocycles. The van der Waals surface area contributed by atoms with Gasteiger partial charge in [0.1, 0.15) is 11.6 Å². The molecule has 1 aliphatic carbocycles. The van der Waals surface area contributed by atoms with Gasteiger partial charge in [-0.1, -0.05) is 44.5 Å². The van der Waals surface area contributed by atoms with Gasteiger partial charge in [-0.15, -0.1) is 0 Å². The fourth-order valence-electron chi connectivity index (χ4n) is 6.77. The lowest BCUT2D eigenvalue weighted by Gasteiger charge is -2.49. The molecule has 1 spiro atoms. The molecule has 2 heterocycles. The Morgan fingerprint density at radius 3 is 2.09 bits per heavy atom. The predicted molar refractivity (Wildman–Crippen MR) is 173 cm³/mol. The largest absolute Gasteiger partial charge is 0.493 e. The summed E-state index contributed by atoms with van der Waals surface area (Å²) in [6.45, 7) is 15.9. The number of aromatic nitrogens is 1. The van der Waals surface area contributed by atoms with E-state index in [0.29, 0.717) is 23.3 Å². The minimum absolute atomic E-state index is 0.254. The van der Waals surface area contributed by atoms with Crippen molar-refractivity contribution in [2.24, 2.45) is 5.41 Å². The van der Waals surface area contributed by atoms with Crippen LogP contribution in [0.15, 0.2) is 48.5 Å². The van der Waals surface area contributed by atoms with Crippen LogP contribution in [0.4, 0.5) is 10.1 Å². The second-order valence-corrected chi connectivity index (χ2v) is 14.4. The zero-order valence-electron chi connectivity index (χ0n) is 27.3. The number of anilines is 1. The molecule has 44 heavy (non-hydrogen) atoms. The summed E-state index contributed by atoms with van der Waals surface area (Å²) >= 11 is 0. The third-order valence-corrected chi connectivity index (χ3v) is 9.46. The van der Waals surface area contributed by atoms with E-state index in [-0.39, 0.29) is 11.2 Å². The van der Waals surface area contributed by atoms with Gasteiger partial charge in [-0.2, -0.15) is 0 Å². The van der Waals surface area contributed by atoms with E-state index in [4.69, 9.17) is 14.5 Å². The summed E-state index contributed by atoms with van der Waals surface area (Å²) < 4.78 is 25.9. The van der Waals surface area contributed by atoms with Crippen LogP contribution in [0.25, 0.3) is 11.1 Å². The zero-order valence-corrected chi connectivity index (χ0v) is 27.3. The van der Waals surface area contributed by atoms with Gasteiger partial charge in [0.05, 0.1) is 17.9 Å². The molecule has 1 aromatic heterocycles. The van der Waals surface area contributed by atoms with Crippen LogP contribution in [-0.4, -0.2) is 41.4 Å². The molecule has 2 fully saturated rings. The lowest BCUT2D eigenvalue weighted by molar-refractivity contribution is -0.160. The molecular weight excluding hydrogens is 555 g/mol. The first kappa shape index (κ1) is 32.0. The summed E-state index contributed by atoms with van der Waals surface area (Å²) in [5.41, 5.74) is 5.49. The Morgan fingerprint density at radius 1 is 0.955 bits per heavy atom. The highest BCUT2D eigenvalue weighted by Crippen LogP contribution is 2.51. The second-order valence-electron chi connectivity index (χ2n) is 14.4. The number of carbonyl (C=O) groups is 1. The average molecular weight is 603 g/mol. The highest BCUT2D eigenvalue weighted by Gasteiger charge is 2.42. The quantitative estimate of drug-likeness (QED) is 0.265. The number of pyridine rings is 1. The Kier molecular flexibility index (Phi) is 8.83. The molecule has 0 radical (unpaired) electrons. The maximum atomic E-state index is 13.5. The second kappa shape index (κ2) is 12.2. The summed E-state index contributed by atoms with van der Waals surface area (Å²) in [6, 6.07) is 14.5. The van der Waals surface area contributed by atoms with E-state index in [9.17, 15) is 14.3 Å². The lowest BCUT2D eigenvalue weighted by atomic mass is 9.63. The Bertz CT molecular complexity index is 1480. The van der Waals surface area contributed by atoms with Crippen molar-refractivity contribution in [1.82, 2.24) is 4.98 Å². The van der Waals surface area contributed by atoms with E-state index in [0.717, 1.165) is 59.8 Å². The normalized spacial score (nSPS) is 17.3. The van der Waals surface area contributed by atoms with E-state index in [2.05, 4.69) is 18.7 Å². The molecule has 0 bridgehead atoms. The number of aryl methyl sites for hydroxylation is 2. The maximum Gasteiger partial charge on any atom is 0.337 e. The highest BCUT2D eigenvalue weighted by molar-refractivity contribution is 5.88. The van der Waals surface area contributed by atoms with Gasteiger partial charge >= 0.3 is 5.97 Å². The third kappa shape index (κ3) is 6.78. The monoisotopic (exact) mass is 602 g/mol. The maximum absolute atomic E-state index is 13.5. The number of aliphatic carboxylic acids is 1. The van der Waals surface area contributed by atoms with Crippen LogP contribution in [0.1, 0.15) is 95.3 Å². The summed E-state index contributed by atoms with van der Waals surface area (Å²) in [6.07, 6.45) is 4.97. The Labute approximate surface area is 261 Å². The standard InChI is InChI=1S/C37H47FN2O4/c1-24-30(26-9-15-29(16-10-26)43-23-36(6,7)27-11-13-28(38)14-12-27)32(40-21-19-37(20-22-40)17-8-18-37)31(25(2)39-24)33(34(41)42)44-35(3,4)5/h9-16,33H,8,17-23H2,1-7H3,(H,41,42)/t33-/m0/s1. The summed E-state index contributed by atoms with van der Waals surface area (Å²) in [4.78, 5) is 20.0. The van der Waals surface area contributed by atoms with Crippen molar-refractivity contribution in [1.29, 1.82) is 0 Å². The van der Waals surface area contributed by atoms with Crippen molar-refractivity contribution >= 4 is 11.7 Å². The molecular formula is C37H47FN2O4. The van der Waals surface area contributed by atoms with Gasteiger partial charge in [-0.3, -0.25) is 4.98 Å². The molecule has 1 aliphatic heterocycles.